The van der Waals surface area contributed by atoms with Gasteiger partial charge in [-0.05, 0) is 42.5 Å². The van der Waals surface area contributed by atoms with Gasteiger partial charge in [0.2, 0.25) is 5.78 Å². The van der Waals surface area contributed by atoms with E-state index < -0.39 is 0 Å². The van der Waals surface area contributed by atoms with Crippen molar-refractivity contribution in [1.29, 1.82) is 0 Å². The van der Waals surface area contributed by atoms with Crippen LogP contribution in [0.2, 0.25) is 5.02 Å². The summed E-state index contributed by atoms with van der Waals surface area (Å²) in [6, 6.07) is 16.2. The molecule has 0 radical (unpaired) electrons. The first-order chi connectivity index (χ1) is 13.2. The molecule has 27 heavy (non-hydrogen) atoms. The maximum absolute atomic E-state index is 12.0. The van der Waals surface area contributed by atoms with Gasteiger partial charge in [-0.25, -0.2) is 9.97 Å². The first-order valence-electron chi connectivity index (χ1n) is 8.26. The van der Waals surface area contributed by atoms with Crippen molar-refractivity contribution in [3.63, 3.8) is 0 Å². The Bertz CT molecular complexity index is 1040. The predicted molar refractivity (Wildman–Crippen MR) is 104 cm³/mol. The molecule has 0 aliphatic rings. The van der Waals surface area contributed by atoms with Crippen LogP contribution in [0.4, 0.5) is 5.69 Å². The number of benzene rings is 2. The van der Waals surface area contributed by atoms with Crippen molar-refractivity contribution in [1.82, 2.24) is 14.4 Å². The minimum absolute atomic E-state index is 0.0819. The number of carbonyl (C=O) groups excluding carboxylic acids is 1. The summed E-state index contributed by atoms with van der Waals surface area (Å²) in [5.41, 5.74) is 2.44. The highest BCUT2D eigenvalue weighted by Crippen LogP contribution is 2.21. The Morgan fingerprint density at radius 1 is 1.11 bits per heavy atom. The molecule has 0 bridgehead atoms. The number of fused-ring (bicyclic) bond motifs is 1. The molecule has 0 aliphatic heterocycles. The summed E-state index contributed by atoms with van der Waals surface area (Å²) in [7, 11) is 0. The summed E-state index contributed by atoms with van der Waals surface area (Å²) < 4.78 is 7.29. The van der Waals surface area contributed by atoms with Gasteiger partial charge in [-0.3, -0.25) is 9.20 Å². The molecular formula is C20H15ClN4O2. The maximum Gasteiger partial charge on any atom is 0.262 e. The number of aromatic nitrogens is 3. The van der Waals surface area contributed by atoms with Crippen LogP contribution in [0, 0.1) is 0 Å². The van der Waals surface area contributed by atoms with Gasteiger partial charge in [-0.2, -0.15) is 0 Å². The SMILES string of the molecule is O=C(COc1ccc(Cl)cc1)Nc1ccc(-c2cn3cccnc3n2)cc1. The summed E-state index contributed by atoms with van der Waals surface area (Å²) in [5, 5.41) is 3.42. The van der Waals surface area contributed by atoms with E-state index in [-0.39, 0.29) is 12.5 Å². The molecule has 134 valence electrons. The number of imidazole rings is 1. The highest BCUT2D eigenvalue weighted by Gasteiger charge is 2.07. The summed E-state index contributed by atoms with van der Waals surface area (Å²) >= 11 is 5.82. The topological polar surface area (TPSA) is 68.5 Å². The molecule has 2 aromatic carbocycles. The van der Waals surface area contributed by atoms with Crippen LogP contribution in [0.15, 0.2) is 73.2 Å². The first kappa shape index (κ1) is 17.1. The van der Waals surface area contributed by atoms with Gasteiger partial charge < -0.3 is 10.1 Å². The van der Waals surface area contributed by atoms with E-state index in [2.05, 4.69) is 15.3 Å². The lowest BCUT2D eigenvalue weighted by Crippen LogP contribution is -2.20. The summed E-state index contributed by atoms with van der Waals surface area (Å²) in [4.78, 5) is 20.7. The fourth-order valence-corrected chi connectivity index (χ4v) is 2.70. The average molecular weight is 379 g/mol. The van der Waals surface area contributed by atoms with Crippen molar-refractivity contribution < 1.29 is 9.53 Å². The largest absolute Gasteiger partial charge is 0.484 e. The number of hydrogen-bond acceptors (Lipinski definition) is 4. The van der Waals surface area contributed by atoms with Crippen molar-refractivity contribution >= 4 is 29.0 Å². The highest BCUT2D eigenvalue weighted by molar-refractivity contribution is 6.30. The second-order valence-electron chi connectivity index (χ2n) is 5.82. The van der Waals surface area contributed by atoms with Gasteiger partial charge in [-0.15, -0.1) is 0 Å². The van der Waals surface area contributed by atoms with E-state index in [1.54, 1.807) is 30.5 Å². The molecule has 4 rings (SSSR count). The van der Waals surface area contributed by atoms with Crippen LogP contribution < -0.4 is 10.1 Å². The van der Waals surface area contributed by atoms with Crippen molar-refractivity contribution in [2.24, 2.45) is 0 Å². The molecule has 2 aromatic heterocycles. The van der Waals surface area contributed by atoms with Crippen LogP contribution >= 0.6 is 11.6 Å². The molecule has 2 heterocycles. The normalized spacial score (nSPS) is 10.7. The van der Waals surface area contributed by atoms with Gasteiger partial charge >= 0.3 is 0 Å². The van der Waals surface area contributed by atoms with Crippen LogP contribution in [0.5, 0.6) is 5.75 Å². The molecule has 0 spiro atoms. The quantitative estimate of drug-likeness (QED) is 0.568. The fourth-order valence-electron chi connectivity index (χ4n) is 2.57. The predicted octanol–water partition coefficient (Wildman–Crippen LogP) is 4.07. The summed E-state index contributed by atoms with van der Waals surface area (Å²) in [5.74, 6) is 0.990. The zero-order chi connectivity index (χ0) is 18.6. The van der Waals surface area contributed by atoms with Crippen LogP contribution in [0.3, 0.4) is 0 Å². The lowest BCUT2D eigenvalue weighted by molar-refractivity contribution is -0.118. The van der Waals surface area contributed by atoms with Crippen molar-refractivity contribution in [2.45, 2.75) is 0 Å². The zero-order valence-corrected chi connectivity index (χ0v) is 14.9. The van der Waals surface area contributed by atoms with E-state index in [1.807, 2.05) is 47.1 Å². The number of carbonyl (C=O) groups is 1. The molecule has 1 amide bonds. The fraction of sp³-hybridized carbons (Fsp3) is 0.0500. The van der Waals surface area contributed by atoms with E-state index in [0.29, 0.717) is 22.2 Å². The number of halogens is 1. The number of nitrogens with zero attached hydrogens (tertiary/aromatic N) is 3. The van der Waals surface area contributed by atoms with E-state index in [1.165, 1.54) is 0 Å². The lowest BCUT2D eigenvalue weighted by atomic mass is 10.1. The molecule has 0 fully saturated rings. The Morgan fingerprint density at radius 2 is 1.89 bits per heavy atom. The Labute approximate surface area is 160 Å². The second-order valence-corrected chi connectivity index (χ2v) is 6.26. The van der Waals surface area contributed by atoms with Gasteiger partial charge in [0.1, 0.15) is 5.75 Å². The smallest absolute Gasteiger partial charge is 0.262 e. The summed E-state index contributed by atoms with van der Waals surface area (Å²) in [6.45, 7) is -0.0819. The molecule has 4 aromatic rings. The number of anilines is 1. The number of amides is 1. The Morgan fingerprint density at radius 3 is 2.63 bits per heavy atom. The molecule has 1 N–H and O–H groups in total. The van der Waals surface area contributed by atoms with Crippen molar-refractivity contribution in [3.05, 3.63) is 78.2 Å². The van der Waals surface area contributed by atoms with E-state index in [4.69, 9.17) is 16.3 Å². The number of ether oxygens (including phenoxy) is 1. The molecule has 0 unspecified atom stereocenters. The van der Waals surface area contributed by atoms with Crippen molar-refractivity contribution in [3.8, 4) is 17.0 Å². The molecule has 6 nitrogen and oxygen atoms in total. The highest BCUT2D eigenvalue weighted by atomic mass is 35.5. The molecular weight excluding hydrogens is 364 g/mol. The number of rotatable bonds is 5. The lowest BCUT2D eigenvalue weighted by Gasteiger charge is -2.08. The third-order valence-electron chi connectivity index (χ3n) is 3.88. The third-order valence-corrected chi connectivity index (χ3v) is 4.14. The third kappa shape index (κ3) is 4.07. The van der Waals surface area contributed by atoms with Gasteiger partial charge in [-0.1, -0.05) is 23.7 Å². The van der Waals surface area contributed by atoms with E-state index in [9.17, 15) is 4.79 Å². The van der Waals surface area contributed by atoms with E-state index in [0.717, 1.165) is 11.3 Å². The van der Waals surface area contributed by atoms with Crippen LogP contribution in [0.25, 0.3) is 17.0 Å². The minimum atomic E-state index is -0.241. The zero-order valence-electron chi connectivity index (χ0n) is 14.2. The molecule has 7 heteroatoms. The van der Waals surface area contributed by atoms with Crippen LogP contribution in [-0.4, -0.2) is 26.9 Å². The van der Waals surface area contributed by atoms with Crippen LogP contribution in [-0.2, 0) is 4.79 Å². The van der Waals surface area contributed by atoms with Gasteiger partial charge in [0.05, 0.1) is 5.69 Å². The molecule has 0 atom stereocenters. The Kier molecular flexibility index (Phi) is 4.72. The standard InChI is InChI=1S/C20H15ClN4O2/c21-15-4-8-17(9-5-15)27-13-19(26)23-16-6-2-14(3-7-16)18-12-25-11-1-10-22-20(25)24-18/h1-12H,13H2,(H,23,26). The van der Waals surface area contributed by atoms with Gasteiger partial charge in [0.25, 0.3) is 5.91 Å². The van der Waals surface area contributed by atoms with Crippen molar-refractivity contribution in [2.75, 3.05) is 11.9 Å². The Hall–Kier alpha value is -3.38. The van der Waals surface area contributed by atoms with Gasteiger partial charge in [0.15, 0.2) is 6.61 Å². The number of hydrogen-bond donors (Lipinski definition) is 1. The Balaban J connectivity index is 1.38. The molecule has 0 saturated carbocycles. The second kappa shape index (κ2) is 7.47. The summed E-state index contributed by atoms with van der Waals surface area (Å²) in [6.07, 6.45) is 5.51. The van der Waals surface area contributed by atoms with E-state index >= 15 is 0 Å². The monoisotopic (exact) mass is 378 g/mol. The van der Waals surface area contributed by atoms with Crippen LogP contribution in [0.1, 0.15) is 0 Å². The molecule has 0 saturated heterocycles. The molecule has 0 aliphatic carbocycles. The average Bonchev–Trinajstić information content (AvgIpc) is 3.12. The first-order valence-corrected chi connectivity index (χ1v) is 8.63. The number of nitrogens with one attached hydrogen (secondary N) is 1. The maximum atomic E-state index is 12.0. The minimum Gasteiger partial charge on any atom is -0.484 e. The van der Waals surface area contributed by atoms with Gasteiger partial charge in [0, 0.05) is 34.9 Å².